The molecule has 4 nitrogen and oxygen atoms in total. The molecular formula is C15H15NO3S. The molecule has 2 rings (SSSR count). The Morgan fingerprint density at radius 3 is 2.55 bits per heavy atom. The van der Waals surface area contributed by atoms with Gasteiger partial charge in [0.1, 0.15) is 6.04 Å². The molecule has 0 aliphatic heterocycles. The Labute approximate surface area is 121 Å². The summed E-state index contributed by atoms with van der Waals surface area (Å²) in [6, 6.07) is 13.1. The second kappa shape index (κ2) is 6.43. The van der Waals surface area contributed by atoms with E-state index in [4.69, 9.17) is 5.11 Å². The summed E-state index contributed by atoms with van der Waals surface area (Å²) < 4.78 is 0. The van der Waals surface area contributed by atoms with Crippen molar-refractivity contribution in [3.8, 4) is 0 Å². The summed E-state index contributed by atoms with van der Waals surface area (Å²) in [6.45, 7) is 1.32. The fourth-order valence-electron chi connectivity index (χ4n) is 1.86. The highest BCUT2D eigenvalue weighted by atomic mass is 32.2. The van der Waals surface area contributed by atoms with Gasteiger partial charge in [0, 0.05) is 17.6 Å². The molecule has 104 valence electrons. The van der Waals surface area contributed by atoms with Crippen molar-refractivity contribution in [2.75, 3.05) is 5.75 Å². The second-order valence-electron chi connectivity index (χ2n) is 4.41. The molecule has 20 heavy (non-hydrogen) atoms. The van der Waals surface area contributed by atoms with E-state index in [1.54, 1.807) is 0 Å². The Morgan fingerprint density at radius 1 is 1.20 bits per heavy atom. The van der Waals surface area contributed by atoms with Gasteiger partial charge in [0.15, 0.2) is 0 Å². The maximum atomic E-state index is 11.0. The van der Waals surface area contributed by atoms with Gasteiger partial charge in [0.2, 0.25) is 5.91 Å². The van der Waals surface area contributed by atoms with Gasteiger partial charge in [-0.05, 0) is 22.9 Å². The second-order valence-corrected chi connectivity index (χ2v) is 5.50. The molecule has 0 aromatic heterocycles. The van der Waals surface area contributed by atoms with Crippen molar-refractivity contribution in [1.29, 1.82) is 0 Å². The zero-order valence-electron chi connectivity index (χ0n) is 11.0. The third-order valence-electron chi connectivity index (χ3n) is 2.81. The fraction of sp³-hybridized carbons (Fsp3) is 0.200. The van der Waals surface area contributed by atoms with Crippen molar-refractivity contribution in [2.45, 2.75) is 17.9 Å². The normalized spacial score (nSPS) is 12.1. The highest BCUT2D eigenvalue weighted by molar-refractivity contribution is 7.99. The highest BCUT2D eigenvalue weighted by Gasteiger charge is 2.18. The number of carboxylic acids is 1. The van der Waals surface area contributed by atoms with Crippen LogP contribution in [0.4, 0.5) is 0 Å². The number of fused-ring (bicyclic) bond motifs is 1. The summed E-state index contributed by atoms with van der Waals surface area (Å²) in [5.41, 5.74) is 0. The molecule has 2 aromatic carbocycles. The summed E-state index contributed by atoms with van der Waals surface area (Å²) in [5.74, 6) is -1.06. The molecule has 0 saturated heterocycles. The lowest BCUT2D eigenvalue weighted by Crippen LogP contribution is -2.41. The van der Waals surface area contributed by atoms with Crippen molar-refractivity contribution in [1.82, 2.24) is 5.32 Å². The topological polar surface area (TPSA) is 66.4 Å². The molecule has 0 radical (unpaired) electrons. The number of aliphatic carboxylic acids is 1. The Balaban J connectivity index is 2.07. The van der Waals surface area contributed by atoms with Gasteiger partial charge in [0.25, 0.3) is 0 Å². The quantitative estimate of drug-likeness (QED) is 0.830. The lowest BCUT2D eigenvalue weighted by molar-refractivity contribution is -0.140. The number of rotatable bonds is 5. The smallest absolute Gasteiger partial charge is 0.327 e. The minimum absolute atomic E-state index is 0.299. The molecular weight excluding hydrogens is 274 g/mol. The predicted molar refractivity (Wildman–Crippen MR) is 79.9 cm³/mol. The molecule has 0 aliphatic rings. The van der Waals surface area contributed by atoms with Gasteiger partial charge >= 0.3 is 5.97 Å². The van der Waals surface area contributed by atoms with Crippen LogP contribution in [0.15, 0.2) is 47.4 Å². The maximum absolute atomic E-state index is 11.0. The average Bonchev–Trinajstić information content (AvgIpc) is 2.42. The van der Waals surface area contributed by atoms with Crippen LogP contribution in [0.1, 0.15) is 6.92 Å². The van der Waals surface area contributed by atoms with E-state index in [1.165, 1.54) is 18.7 Å². The van der Waals surface area contributed by atoms with Crippen LogP contribution in [-0.2, 0) is 9.59 Å². The average molecular weight is 289 g/mol. The Hall–Kier alpha value is -2.01. The number of amides is 1. The molecule has 2 N–H and O–H groups in total. The van der Waals surface area contributed by atoms with E-state index in [-0.39, 0.29) is 5.91 Å². The predicted octanol–water partition coefficient (Wildman–Crippen LogP) is 2.52. The number of nitrogens with one attached hydrogen (secondary N) is 1. The van der Waals surface area contributed by atoms with Crippen LogP contribution in [0.2, 0.25) is 0 Å². The fourth-order valence-corrected chi connectivity index (χ4v) is 2.82. The van der Waals surface area contributed by atoms with Crippen LogP contribution < -0.4 is 5.32 Å². The van der Waals surface area contributed by atoms with Crippen molar-refractivity contribution in [3.05, 3.63) is 42.5 Å². The molecule has 1 atom stereocenters. The van der Waals surface area contributed by atoms with Crippen LogP contribution in [0, 0.1) is 0 Å². The monoisotopic (exact) mass is 289 g/mol. The number of hydrogen-bond acceptors (Lipinski definition) is 3. The summed E-state index contributed by atoms with van der Waals surface area (Å²) in [5, 5.41) is 13.7. The van der Waals surface area contributed by atoms with E-state index in [0.29, 0.717) is 5.75 Å². The Morgan fingerprint density at radius 2 is 1.90 bits per heavy atom. The van der Waals surface area contributed by atoms with Crippen molar-refractivity contribution in [2.24, 2.45) is 0 Å². The minimum Gasteiger partial charge on any atom is -0.480 e. The maximum Gasteiger partial charge on any atom is 0.327 e. The standard InChI is InChI=1S/C15H15NO3S/c1-10(17)16-14(15(18)19)9-20-13-7-6-11-4-2-3-5-12(11)8-13/h2-8,14H,9H2,1H3,(H,16,17)(H,18,19)/t14-/m1/s1. The van der Waals surface area contributed by atoms with Gasteiger partial charge in [-0.1, -0.05) is 30.3 Å². The van der Waals surface area contributed by atoms with E-state index in [1.807, 2.05) is 42.5 Å². The number of carbonyl (C=O) groups is 2. The zero-order valence-corrected chi connectivity index (χ0v) is 11.8. The van der Waals surface area contributed by atoms with Gasteiger partial charge in [0.05, 0.1) is 0 Å². The number of benzene rings is 2. The SMILES string of the molecule is CC(=O)N[C@H](CSc1ccc2ccccc2c1)C(=O)O. The van der Waals surface area contributed by atoms with Gasteiger partial charge < -0.3 is 10.4 Å². The lowest BCUT2D eigenvalue weighted by atomic mass is 10.1. The molecule has 0 saturated carbocycles. The summed E-state index contributed by atoms with van der Waals surface area (Å²) in [4.78, 5) is 23.0. The van der Waals surface area contributed by atoms with Gasteiger partial charge in [-0.25, -0.2) is 4.79 Å². The molecule has 0 bridgehead atoms. The van der Waals surface area contributed by atoms with Gasteiger partial charge in [-0.3, -0.25) is 4.79 Å². The first-order valence-corrected chi connectivity index (χ1v) is 7.16. The highest BCUT2D eigenvalue weighted by Crippen LogP contribution is 2.24. The largest absolute Gasteiger partial charge is 0.480 e. The number of hydrogen-bond donors (Lipinski definition) is 2. The molecule has 0 fully saturated rings. The van der Waals surface area contributed by atoms with Crippen LogP contribution >= 0.6 is 11.8 Å². The van der Waals surface area contributed by atoms with Crippen molar-refractivity contribution < 1.29 is 14.7 Å². The van der Waals surface area contributed by atoms with E-state index in [2.05, 4.69) is 5.32 Å². The van der Waals surface area contributed by atoms with Crippen LogP contribution in [0.3, 0.4) is 0 Å². The molecule has 5 heteroatoms. The van der Waals surface area contributed by atoms with E-state index in [0.717, 1.165) is 15.7 Å². The molecule has 0 aliphatic carbocycles. The van der Waals surface area contributed by atoms with Gasteiger partial charge in [-0.15, -0.1) is 11.8 Å². The van der Waals surface area contributed by atoms with Crippen molar-refractivity contribution >= 4 is 34.4 Å². The van der Waals surface area contributed by atoms with E-state index >= 15 is 0 Å². The van der Waals surface area contributed by atoms with Crippen LogP contribution in [-0.4, -0.2) is 28.8 Å². The number of thioether (sulfide) groups is 1. The third kappa shape index (κ3) is 3.74. The molecule has 0 spiro atoms. The van der Waals surface area contributed by atoms with Crippen LogP contribution in [0.5, 0.6) is 0 Å². The Bertz CT molecular complexity index is 642. The summed E-state index contributed by atoms with van der Waals surface area (Å²) in [7, 11) is 0. The van der Waals surface area contributed by atoms with E-state index in [9.17, 15) is 9.59 Å². The molecule has 0 heterocycles. The van der Waals surface area contributed by atoms with E-state index < -0.39 is 12.0 Å². The summed E-state index contributed by atoms with van der Waals surface area (Å²) in [6.07, 6.45) is 0. The number of carbonyl (C=O) groups excluding carboxylic acids is 1. The molecule has 0 unspecified atom stereocenters. The number of carboxylic acid groups (broad SMARTS) is 1. The van der Waals surface area contributed by atoms with Gasteiger partial charge in [-0.2, -0.15) is 0 Å². The molecule has 2 aromatic rings. The summed E-state index contributed by atoms with van der Waals surface area (Å²) >= 11 is 1.42. The minimum atomic E-state index is -1.02. The first-order chi connectivity index (χ1) is 9.56. The zero-order chi connectivity index (χ0) is 14.5. The Kier molecular flexibility index (Phi) is 4.63. The van der Waals surface area contributed by atoms with Crippen LogP contribution in [0.25, 0.3) is 10.8 Å². The van der Waals surface area contributed by atoms with Crippen molar-refractivity contribution in [3.63, 3.8) is 0 Å². The third-order valence-corrected chi connectivity index (χ3v) is 3.90. The lowest BCUT2D eigenvalue weighted by Gasteiger charge is -2.12. The molecule has 1 amide bonds. The first kappa shape index (κ1) is 14.4. The first-order valence-electron chi connectivity index (χ1n) is 6.18.